The van der Waals surface area contributed by atoms with Crippen LogP contribution in [0.4, 0.5) is 0 Å². The molecule has 0 spiro atoms. The zero-order valence-electron chi connectivity index (χ0n) is 15.7. The molecule has 1 aromatic heterocycles. The molecule has 1 amide bonds. The van der Waals surface area contributed by atoms with Gasteiger partial charge in [-0.2, -0.15) is 0 Å². The summed E-state index contributed by atoms with van der Waals surface area (Å²) in [6, 6.07) is 1.79. The number of nitrogens with one attached hydrogen (secondary N) is 3. The summed E-state index contributed by atoms with van der Waals surface area (Å²) in [7, 11) is 0. The summed E-state index contributed by atoms with van der Waals surface area (Å²) in [4.78, 5) is 16.4. The highest BCUT2D eigenvalue weighted by Crippen LogP contribution is 2.07. The van der Waals surface area contributed by atoms with E-state index in [1.165, 1.54) is 25.5 Å². The fourth-order valence-corrected chi connectivity index (χ4v) is 2.26. The molecule has 25 heavy (non-hydrogen) atoms. The molecule has 3 N–H and O–H groups in total. The highest BCUT2D eigenvalue weighted by atomic mass is 127. The van der Waals surface area contributed by atoms with E-state index in [4.69, 9.17) is 4.42 Å². The SMILES string of the molecule is CCCCCCNC(=NCCCNC(=O)c1occc1C)NCC.I. The molecule has 0 atom stereocenters. The number of carbonyl (C=O) groups excluding carboxylic acids is 1. The number of halogens is 1. The van der Waals surface area contributed by atoms with E-state index in [1.807, 2.05) is 6.92 Å². The van der Waals surface area contributed by atoms with Crippen molar-refractivity contribution in [1.29, 1.82) is 0 Å². The van der Waals surface area contributed by atoms with E-state index in [2.05, 4.69) is 34.8 Å². The summed E-state index contributed by atoms with van der Waals surface area (Å²) in [5.41, 5.74) is 0.854. The second kappa shape index (κ2) is 15.0. The summed E-state index contributed by atoms with van der Waals surface area (Å²) < 4.78 is 5.17. The van der Waals surface area contributed by atoms with Gasteiger partial charge in [0.2, 0.25) is 0 Å². The van der Waals surface area contributed by atoms with Crippen LogP contribution >= 0.6 is 24.0 Å². The van der Waals surface area contributed by atoms with Crippen LogP contribution in [-0.2, 0) is 0 Å². The molecule has 6 nitrogen and oxygen atoms in total. The van der Waals surface area contributed by atoms with Crippen molar-refractivity contribution < 1.29 is 9.21 Å². The van der Waals surface area contributed by atoms with Crippen molar-refractivity contribution in [1.82, 2.24) is 16.0 Å². The van der Waals surface area contributed by atoms with Crippen LogP contribution in [-0.4, -0.2) is 38.0 Å². The molecule has 0 fully saturated rings. The average Bonchev–Trinajstić information content (AvgIpc) is 3.00. The number of hydrogen-bond donors (Lipinski definition) is 3. The average molecular weight is 464 g/mol. The number of carbonyl (C=O) groups is 1. The number of guanidine groups is 1. The lowest BCUT2D eigenvalue weighted by atomic mass is 10.2. The van der Waals surface area contributed by atoms with Gasteiger partial charge >= 0.3 is 0 Å². The molecule has 0 aliphatic carbocycles. The van der Waals surface area contributed by atoms with Gasteiger partial charge in [-0.3, -0.25) is 9.79 Å². The second-order valence-electron chi connectivity index (χ2n) is 5.79. The Morgan fingerprint density at radius 3 is 2.48 bits per heavy atom. The van der Waals surface area contributed by atoms with E-state index < -0.39 is 0 Å². The quantitative estimate of drug-likeness (QED) is 0.203. The second-order valence-corrected chi connectivity index (χ2v) is 5.79. The van der Waals surface area contributed by atoms with Crippen molar-refractivity contribution in [2.75, 3.05) is 26.2 Å². The molecule has 0 aliphatic heterocycles. The maximum absolute atomic E-state index is 11.9. The number of nitrogens with zero attached hydrogens (tertiary/aromatic N) is 1. The molecule has 1 aromatic rings. The Morgan fingerprint density at radius 2 is 1.84 bits per heavy atom. The highest BCUT2D eigenvalue weighted by molar-refractivity contribution is 14.0. The molecule has 0 aliphatic rings. The van der Waals surface area contributed by atoms with Gasteiger partial charge in [0.15, 0.2) is 11.7 Å². The predicted molar refractivity (Wildman–Crippen MR) is 114 cm³/mol. The number of hydrogen-bond acceptors (Lipinski definition) is 3. The van der Waals surface area contributed by atoms with E-state index in [0.29, 0.717) is 18.8 Å². The van der Waals surface area contributed by atoms with Crippen LogP contribution in [0.2, 0.25) is 0 Å². The predicted octanol–water partition coefficient (Wildman–Crippen LogP) is 3.46. The van der Waals surface area contributed by atoms with Crippen molar-refractivity contribution in [3.8, 4) is 0 Å². The van der Waals surface area contributed by atoms with Gasteiger partial charge in [0.05, 0.1) is 6.26 Å². The minimum Gasteiger partial charge on any atom is -0.459 e. The monoisotopic (exact) mass is 464 g/mol. The molecule has 0 unspecified atom stereocenters. The van der Waals surface area contributed by atoms with Crippen molar-refractivity contribution >= 4 is 35.8 Å². The molecular weight excluding hydrogens is 431 g/mol. The van der Waals surface area contributed by atoms with Gasteiger partial charge in [0.25, 0.3) is 5.91 Å². The van der Waals surface area contributed by atoms with Crippen LogP contribution in [0, 0.1) is 6.92 Å². The third-order valence-corrected chi connectivity index (χ3v) is 3.63. The van der Waals surface area contributed by atoms with Crippen LogP contribution < -0.4 is 16.0 Å². The lowest BCUT2D eigenvalue weighted by Gasteiger charge is -2.11. The van der Waals surface area contributed by atoms with Crippen LogP contribution in [0.3, 0.4) is 0 Å². The number of furan rings is 1. The normalized spacial score (nSPS) is 10.9. The molecule has 1 heterocycles. The lowest BCUT2D eigenvalue weighted by Crippen LogP contribution is -2.38. The van der Waals surface area contributed by atoms with Crippen molar-refractivity contribution in [2.45, 2.75) is 52.9 Å². The largest absolute Gasteiger partial charge is 0.459 e. The number of rotatable bonds is 11. The maximum Gasteiger partial charge on any atom is 0.287 e. The standard InChI is InChI=1S/C18H32N4O2.HI/c1-4-6-7-8-11-21-18(19-5-2)22-13-9-12-20-17(23)16-15(3)10-14-24-16;/h10,14H,4-9,11-13H2,1-3H3,(H,20,23)(H2,19,21,22);1H. The van der Waals surface area contributed by atoms with Crippen molar-refractivity contribution in [3.63, 3.8) is 0 Å². The van der Waals surface area contributed by atoms with E-state index in [0.717, 1.165) is 37.5 Å². The van der Waals surface area contributed by atoms with Gasteiger partial charge in [-0.1, -0.05) is 26.2 Å². The van der Waals surface area contributed by atoms with Crippen LogP contribution in [0.15, 0.2) is 21.7 Å². The Hall–Kier alpha value is -1.25. The van der Waals surface area contributed by atoms with Crippen molar-refractivity contribution in [2.24, 2.45) is 4.99 Å². The van der Waals surface area contributed by atoms with E-state index >= 15 is 0 Å². The summed E-state index contributed by atoms with van der Waals surface area (Å²) in [5, 5.41) is 9.44. The summed E-state index contributed by atoms with van der Waals surface area (Å²) in [5.74, 6) is 1.07. The molecule has 0 radical (unpaired) electrons. The summed E-state index contributed by atoms with van der Waals surface area (Å²) in [6.07, 6.45) is 7.26. The Balaban J connectivity index is 0.00000576. The van der Waals surface area contributed by atoms with E-state index in [1.54, 1.807) is 6.07 Å². The Labute approximate surface area is 168 Å². The first-order chi connectivity index (χ1) is 11.7. The van der Waals surface area contributed by atoms with Crippen LogP contribution in [0.25, 0.3) is 0 Å². The third-order valence-electron chi connectivity index (χ3n) is 3.63. The van der Waals surface area contributed by atoms with Gasteiger partial charge < -0.3 is 20.4 Å². The third kappa shape index (κ3) is 10.4. The highest BCUT2D eigenvalue weighted by Gasteiger charge is 2.11. The topological polar surface area (TPSA) is 78.7 Å². The van der Waals surface area contributed by atoms with Crippen LogP contribution in [0.5, 0.6) is 0 Å². The number of amides is 1. The van der Waals surface area contributed by atoms with E-state index in [9.17, 15) is 4.79 Å². The Bertz CT molecular complexity index is 503. The number of aryl methyl sites for hydroxylation is 1. The number of unbranched alkanes of at least 4 members (excludes halogenated alkanes) is 3. The fourth-order valence-electron chi connectivity index (χ4n) is 2.26. The maximum atomic E-state index is 11.9. The molecule has 144 valence electrons. The van der Waals surface area contributed by atoms with Crippen molar-refractivity contribution in [3.05, 3.63) is 23.7 Å². The lowest BCUT2D eigenvalue weighted by molar-refractivity contribution is 0.0925. The molecule has 1 rings (SSSR count). The van der Waals surface area contributed by atoms with Crippen LogP contribution in [0.1, 0.15) is 62.1 Å². The first kappa shape index (κ1) is 23.8. The smallest absolute Gasteiger partial charge is 0.287 e. The molecule has 0 bridgehead atoms. The Morgan fingerprint density at radius 1 is 1.08 bits per heavy atom. The van der Waals surface area contributed by atoms with Gasteiger partial charge in [0.1, 0.15) is 0 Å². The van der Waals surface area contributed by atoms with E-state index in [-0.39, 0.29) is 29.9 Å². The minimum absolute atomic E-state index is 0. The molecule has 0 saturated carbocycles. The summed E-state index contributed by atoms with van der Waals surface area (Å²) >= 11 is 0. The van der Waals surface area contributed by atoms with Gasteiger partial charge in [-0.15, -0.1) is 24.0 Å². The zero-order chi connectivity index (χ0) is 17.6. The molecule has 7 heteroatoms. The Kier molecular flexibility index (Phi) is 14.3. The first-order valence-corrected chi connectivity index (χ1v) is 9.03. The summed E-state index contributed by atoms with van der Waals surface area (Å²) in [6.45, 7) is 9.17. The van der Waals surface area contributed by atoms with Gasteiger partial charge in [-0.25, -0.2) is 0 Å². The molecule has 0 aromatic carbocycles. The first-order valence-electron chi connectivity index (χ1n) is 9.03. The minimum atomic E-state index is -0.164. The zero-order valence-corrected chi connectivity index (χ0v) is 18.0. The molecule has 0 saturated heterocycles. The fraction of sp³-hybridized carbons (Fsp3) is 0.667. The van der Waals surface area contributed by atoms with Gasteiger partial charge in [0, 0.05) is 31.7 Å². The molecular formula is C18H33IN4O2. The van der Waals surface area contributed by atoms with Gasteiger partial charge in [-0.05, 0) is 32.8 Å². The number of aliphatic imine (C=N–C) groups is 1.